The molecule has 23 nitrogen and oxygen atoms in total. The molecule has 5 heterocycles. The topological polar surface area (TPSA) is 348 Å². The second-order valence-electron chi connectivity index (χ2n) is 21.9. The number of unbranched alkanes of at least 4 members (excludes halogenated alkanes) is 3. The number of carbonyl (C=O) groups excluding carboxylic acids is 9. The molecular formula is C61H63F5N9O14P. The minimum atomic E-state index is -5.94. The Kier molecular flexibility index (Phi) is 21.1. The van der Waals surface area contributed by atoms with E-state index in [0.29, 0.717) is 48.8 Å². The predicted octanol–water partition coefficient (Wildman–Crippen LogP) is 5.14. The molecule has 4 aliphatic rings. The standard InChI is InChI=1S/C59H62F2N9O12P.C2HF3O2/c60-59(61,83(80,81)82)39-21-23-43-38(31-39)32-45(63-43)54(75)65-46-34-68(51(73)20-11-3-1-2-6-13-35-18-12-19-41-42(35)33-69(57(41)78)47-26-28-50(72)66-55(47)76)30-29-40-22-25-48(70(40)58(46)79)56(77)64-44(24-27-49(62)71)53(74)67-52(36-14-7-4-8-15-36)37-16-9-5-10-17-37;3-2(4,5)1(6)7/h4-5,7-10,12,14-19,21,23,31-32,40,44,46-48,52,63H,1-3,11,20,22,24-30,33-34H2,(H2,62,71)(H,64,77)(H,65,75)(H,67,74)(H,66,72,76)(H2,80,81,82);(H,6,7)/t40-,44+,46+,47?,48+;/m1./s1. The number of piperidine rings is 1. The first-order valence-corrected chi connectivity index (χ1v) is 30.3. The van der Waals surface area contributed by atoms with Crippen molar-refractivity contribution in [2.75, 3.05) is 13.1 Å². The zero-order chi connectivity index (χ0) is 65.2. The molecule has 10 N–H and O–H groups in total. The van der Waals surface area contributed by atoms with Gasteiger partial charge in [-0.3, -0.25) is 53.0 Å². The number of imide groups is 1. The number of aliphatic carboxylic acids is 1. The van der Waals surface area contributed by atoms with E-state index in [1.54, 1.807) is 18.2 Å². The first kappa shape index (κ1) is 66.6. The number of aromatic nitrogens is 1. The molecule has 29 heteroatoms. The third-order valence-electron chi connectivity index (χ3n) is 15.8. The van der Waals surface area contributed by atoms with Gasteiger partial charge in [0.1, 0.15) is 29.9 Å². The lowest BCUT2D eigenvalue weighted by Crippen LogP contribution is -2.62. The Bertz CT molecular complexity index is 3660. The number of amides is 9. The average Bonchev–Trinajstić information content (AvgIpc) is 1.60. The molecule has 5 aromatic rings. The number of carbonyl (C=O) groups is 10. The summed E-state index contributed by atoms with van der Waals surface area (Å²) in [4.78, 5) is 156. The maximum atomic E-state index is 15.0. The van der Waals surface area contributed by atoms with Crippen LogP contribution < -0.4 is 27.0 Å². The van der Waals surface area contributed by atoms with E-state index in [2.05, 4.69) is 38.1 Å². The molecular weight excluding hydrogens is 1210 g/mol. The van der Waals surface area contributed by atoms with Crippen LogP contribution >= 0.6 is 7.60 Å². The fourth-order valence-electron chi connectivity index (χ4n) is 11.2. The van der Waals surface area contributed by atoms with Gasteiger partial charge in [-0.05, 0) is 92.0 Å². The Hall–Kier alpha value is -9.32. The largest absolute Gasteiger partial charge is 0.490 e. The molecule has 5 atom stereocenters. The maximum absolute atomic E-state index is 15.0. The maximum Gasteiger partial charge on any atom is 0.490 e. The van der Waals surface area contributed by atoms with E-state index in [0.717, 1.165) is 29.3 Å². The number of rotatable bonds is 19. The van der Waals surface area contributed by atoms with Crippen LogP contribution in [0, 0.1) is 11.8 Å². The summed E-state index contributed by atoms with van der Waals surface area (Å²) in [5, 5.41) is 17.9. The summed E-state index contributed by atoms with van der Waals surface area (Å²) in [7, 11) is -5.94. The molecule has 1 aromatic heterocycles. The number of carboxylic acid groups (broad SMARTS) is 1. The molecule has 476 valence electrons. The van der Waals surface area contributed by atoms with Crippen LogP contribution in [0.25, 0.3) is 10.9 Å². The van der Waals surface area contributed by atoms with Gasteiger partial charge < -0.3 is 56.3 Å². The predicted molar refractivity (Wildman–Crippen MR) is 310 cm³/mol. The molecule has 9 amide bonds. The highest BCUT2D eigenvalue weighted by molar-refractivity contribution is 7.52. The van der Waals surface area contributed by atoms with Crippen molar-refractivity contribution in [3.63, 3.8) is 0 Å². The van der Waals surface area contributed by atoms with Crippen molar-refractivity contribution in [2.45, 2.75) is 132 Å². The molecule has 0 bridgehead atoms. The van der Waals surface area contributed by atoms with Crippen molar-refractivity contribution in [3.05, 3.63) is 142 Å². The van der Waals surface area contributed by atoms with Crippen LogP contribution in [-0.4, -0.2) is 143 Å². The molecule has 90 heavy (non-hydrogen) atoms. The molecule has 0 spiro atoms. The number of nitrogens with zero attached hydrogens (tertiary/aromatic N) is 3. The molecule has 9 rings (SSSR count). The van der Waals surface area contributed by atoms with Crippen LogP contribution in [0.15, 0.2) is 103 Å². The van der Waals surface area contributed by atoms with E-state index >= 15 is 4.79 Å². The van der Waals surface area contributed by atoms with Gasteiger partial charge in [-0.25, -0.2) is 4.79 Å². The molecule has 4 aromatic carbocycles. The van der Waals surface area contributed by atoms with Gasteiger partial charge >= 0.3 is 25.4 Å². The highest BCUT2D eigenvalue weighted by atomic mass is 31.2. The van der Waals surface area contributed by atoms with Crippen LogP contribution in [0.4, 0.5) is 22.0 Å². The third kappa shape index (κ3) is 15.9. The van der Waals surface area contributed by atoms with Gasteiger partial charge in [-0.15, -0.1) is 0 Å². The zero-order valence-corrected chi connectivity index (χ0v) is 48.9. The number of H-pyrrole nitrogens is 1. The quantitative estimate of drug-likeness (QED) is 0.0170. The van der Waals surface area contributed by atoms with Gasteiger partial charge in [0.2, 0.25) is 41.4 Å². The second-order valence-corrected chi connectivity index (χ2v) is 23.6. The van der Waals surface area contributed by atoms with E-state index in [1.807, 2.05) is 60.7 Å². The van der Waals surface area contributed by atoms with Crippen molar-refractivity contribution >= 4 is 77.6 Å². The summed E-state index contributed by atoms with van der Waals surface area (Å²) < 4.78 is 72.9. The molecule has 0 aliphatic carbocycles. The number of halogens is 5. The lowest BCUT2D eigenvalue weighted by Gasteiger charge is -2.39. The van der Waals surface area contributed by atoms with Gasteiger partial charge in [-0.1, -0.05) is 91.1 Å². The minimum absolute atomic E-state index is 0.00360. The average molecular weight is 1270 g/mol. The Morgan fingerprint density at radius 1 is 0.800 bits per heavy atom. The van der Waals surface area contributed by atoms with Crippen molar-refractivity contribution in [3.8, 4) is 11.8 Å². The second kappa shape index (κ2) is 28.4. The monoisotopic (exact) mass is 1270 g/mol. The minimum Gasteiger partial charge on any atom is -0.475 e. The van der Waals surface area contributed by atoms with E-state index in [9.17, 15) is 74.7 Å². The summed E-state index contributed by atoms with van der Waals surface area (Å²) in [6, 6.07) is 21.4. The van der Waals surface area contributed by atoms with Crippen LogP contribution in [0.3, 0.4) is 0 Å². The number of alkyl halides is 5. The number of nitrogens with two attached hydrogens (primary N) is 1. The SMILES string of the molecule is NC(=O)CC[C@H](NC(=O)[C@@H]1CC[C@@H]2CCN(C(=O)CCCCCC#Cc3cccc4c3CN(C3CCC(=O)NC3=O)C4=O)C[C@H](NC(=O)c3cc4cc(C(F)(F)P(=O)(O)O)ccc4[nH]3)C(=O)N21)C(=O)NC(c1ccccc1)c1ccccc1.O=C(O)C(F)(F)F. The number of hydrogen-bond acceptors (Lipinski definition) is 11. The molecule has 1 unspecified atom stereocenters. The number of hydrogen-bond donors (Lipinski definition) is 9. The Morgan fingerprint density at radius 3 is 2.11 bits per heavy atom. The number of carboxylic acids is 1. The number of fused-ring (bicyclic) bond motifs is 3. The van der Waals surface area contributed by atoms with Gasteiger partial charge in [0.25, 0.3) is 11.8 Å². The smallest absolute Gasteiger partial charge is 0.475 e. The summed E-state index contributed by atoms with van der Waals surface area (Å²) in [6.07, 6.45) is -2.29. The number of nitrogens with one attached hydrogen (secondary N) is 5. The Labute approximate surface area is 510 Å². The van der Waals surface area contributed by atoms with Gasteiger partial charge in [-0.2, -0.15) is 22.0 Å². The lowest BCUT2D eigenvalue weighted by molar-refractivity contribution is -0.192. The van der Waals surface area contributed by atoms with Crippen LogP contribution in [-0.2, 0) is 55.1 Å². The highest BCUT2D eigenvalue weighted by Gasteiger charge is 2.51. The van der Waals surface area contributed by atoms with Gasteiger partial charge in [0.05, 0.1) is 6.04 Å². The first-order chi connectivity index (χ1) is 42.6. The van der Waals surface area contributed by atoms with Gasteiger partial charge in [0, 0.05) is 79.0 Å². The van der Waals surface area contributed by atoms with Crippen molar-refractivity contribution in [2.24, 2.45) is 5.73 Å². The van der Waals surface area contributed by atoms with Crippen LogP contribution in [0.1, 0.15) is 132 Å². The highest BCUT2D eigenvalue weighted by Crippen LogP contribution is 2.59. The molecule has 4 aliphatic heterocycles. The summed E-state index contributed by atoms with van der Waals surface area (Å²) in [6.45, 7) is -0.0317. The normalized spacial score (nSPS) is 18.8. The third-order valence-corrected chi connectivity index (χ3v) is 16.8. The van der Waals surface area contributed by atoms with Crippen molar-refractivity contribution in [1.29, 1.82) is 0 Å². The summed E-state index contributed by atoms with van der Waals surface area (Å²) in [5.74, 6) is -1.63. The van der Waals surface area contributed by atoms with Crippen molar-refractivity contribution < 1.29 is 89.4 Å². The molecule has 3 fully saturated rings. The first-order valence-electron chi connectivity index (χ1n) is 28.6. The Balaban J connectivity index is 0.00000141. The molecule has 3 saturated heterocycles. The number of benzene rings is 4. The van der Waals surface area contributed by atoms with E-state index < -0.39 is 103 Å². The zero-order valence-electron chi connectivity index (χ0n) is 48.0. The van der Waals surface area contributed by atoms with Crippen LogP contribution in [0.2, 0.25) is 0 Å². The van der Waals surface area contributed by atoms with Gasteiger partial charge in [0.15, 0.2) is 0 Å². The fourth-order valence-corrected chi connectivity index (χ4v) is 11.7. The molecule has 0 radical (unpaired) electrons. The molecule has 0 saturated carbocycles. The lowest BCUT2D eigenvalue weighted by atomic mass is 9.98. The van der Waals surface area contributed by atoms with Crippen molar-refractivity contribution in [1.82, 2.24) is 41.0 Å². The Morgan fingerprint density at radius 2 is 1.48 bits per heavy atom. The van der Waals surface area contributed by atoms with E-state index in [4.69, 9.17) is 15.6 Å². The summed E-state index contributed by atoms with van der Waals surface area (Å²) >= 11 is 0. The summed E-state index contributed by atoms with van der Waals surface area (Å²) in [5.41, 5.74) is 3.21. The number of aromatic amines is 1. The number of primary amides is 1. The fraction of sp³-hybridized carbons (Fsp3) is 0.377. The van der Waals surface area contributed by atoms with E-state index in [1.165, 1.54) is 20.8 Å². The van der Waals surface area contributed by atoms with Crippen LogP contribution in [0.5, 0.6) is 0 Å². The van der Waals surface area contributed by atoms with E-state index in [-0.39, 0.29) is 98.9 Å².